The zero-order valence-corrected chi connectivity index (χ0v) is 12.9. The van der Waals surface area contributed by atoms with Crippen LogP contribution < -0.4 is 19.9 Å². The molecule has 1 atom stereocenters. The molecule has 0 radical (unpaired) electrons. The lowest BCUT2D eigenvalue weighted by Crippen LogP contribution is -2.26. The van der Waals surface area contributed by atoms with Gasteiger partial charge in [-0.05, 0) is 23.8 Å². The maximum Gasteiger partial charge on any atom is 0.337 e. The Morgan fingerprint density at radius 3 is 2.27 bits per heavy atom. The molecule has 0 bridgehead atoms. The lowest BCUT2D eigenvalue weighted by molar-refractivity contribution is -0.133. The molecule has 2 aromatic rings. The molecule has 2 aromatic carbocycles. The summed E-state index contributed by atoms with van der Waals surface area (Å²) in [4.78, 5) is 11.7. The average molecular weight is 365 g/mol. The molecule has 0 saturated heterocycles. The van der Waals surface area contributed by atoms with Gasteiger partial charge in [0.05, 0.1) is 5.92 Å². The van der Waals surface area contributed by atoms with Crippen molar-refractivity contribution < 1.29 is 37.3 Å². The number of ether oxygens (including phenoxy) is 3. The third kappa shape index (κ3) is 2.32. The largest absolute Gasteiger partial charge is 0.478 e. The van der Waals surface area contributed by atoms with Crippen LogP contribution in [0.3, 0.4) is 0 Å². The molecule has 2 heterocycles. The van der Waals surface area contributed by atoms with Crippen molar-refractivity contribution in [3.63, 3.8) is 0 Å². The third-order valence-corrected chi connectivity index (χ3v) is 4.16. The number of carboxylic acid groups (broad SMARTS) is 1. The Hall–Kier alpha value is -3.36. The van der Waals surface area contributed by atoms with Crippen LogP contribution in [0.4, 0.5) is 13.2 Å². The van der Waals surface area contributed by atoms with Crippen molar-refractivity contribution in [2.75, 3.05) is 6.79 Å². The van der Waals surface area contributed by atoms with Gasteiger partial charge in [-0.3, -0.25) is 0 Å². The SMILES string of the molecule is NC1=C(C(=O)O)C(c2cc(F)c(F)c(F)c2)c2cc3c(cc2O1)OCO3. The minimum atomic E-state index is -1.65. The van der Waals surface area contributed by atoms with E-state index in [1.165, 1.54) is 12.1 Å². The molecule has 134 valence electrons. The Morgan fingerprint density at radius 2 is 1.65 bits per heavy atom. The summed E-state index contributed by atoms with van der Waals surface area (Å²) in [6.45, 7) is -0.0442. The van der Waals surface area contributed by atoms with Crippen molar-refractivity contribution in [3.05, 3.63) is 64.3 Å². The lowest BCUT2D eigenvalue weighted by atomic mass is 9.82. The van der Waals surface area contributed by atoms with Crippen LogP contribution in [-0.4, -0.2) is 17.9 Å². The van der Waals surface area contributed by atoms with E-state index in [9.17, 15) is 23.1 Å². The minimum absolute atomic E-state index is 0.0442. The van der Waals surface area contributed by atoms with E-state index in [2.05, 4.69) is 0 Å². The van der Waals surface area contributed by atoms with Gasteiger partial charge in [0.2, 0.25) is 12.7 Å². The summed E-state index contributed by atoms with van der Waals surface area (Å²) in [5.41, 5.74) is 5.40. The standard InChI is InChI=1S/C17H10F3NO5/c18-8-1-6(2-9(19)15(8)20)13-7-3-11-12(25-5-24-11)4-10(7)26-16(21)14(13)17(22)23/h1-4,13H,5,21H2,(H,22,23). The normalized spacial score (nSPS) is 17.7. The van der Waals surface area contributed by atoms with Crippen molar-refractivity contribution in [1.29, 1.82) is 0 Å². The Bertz CT molecular complexity index is 966. The van der Waals surface area contributed by atoms with Crippen LogP contribution in [0.1, 0.15) is 17.0 Å². The predicted molar refractivity (Wildman–Crippen MR) is 80.2 cm³/mol. The molecule has 26 heavy (non-hydrogen) atoms. The Balaban J connectivity index is 1.97. The fourth-order valence-electron chi connectivity index (χ4n) is 3.04. The smallest absolute Gasteiger partial charge is 0.337 e. The van der Waals surface area contributed by atoms with Gasteiger partial charge in [-0.15, -0.1) is 0 Å². The number of aliphatic carboxylic acids is 1. The van der Waals surface area contributed by atoms with Gasteiger partial charge >= 0.3 is 5.97 Å². The van der Waals surface area contributed by atoms with E-state index in [1.54, 1.807) is 0 Å². The first-order valence-electron chi connectivity index (χ1n) is 7.35. The van der Waals surface area contributed by atoms with Crippen molar-refractivity contribution >= 4 is 5.97 Å². The van der Waals surface area contributed by atoms with E-state index < -0.39 is 40.8 Å². The van der Waals surface area contributed by atoms with E-state index in [0.29, 0.717) is 11.5 Å². The number of nitrogens with two attached hydrogens (primary N) is 1. The number of carboxylic acids is 1. The first-order chi connectivity index (χ1) is 12.4. The first kappa shape index (κ1) is 16.1. The molecule has 6 nitrogen and oxygen atoms in total. The maximum atomic E-state index is 13.7. The van der Waals surface area contributed by atoms with Gasteiger partial charge in [0.1, 0.15) is 11.3 Å². The molecule has 0 amide bonds. The summed E-state index contributed by atoms with van der Waals surface area (Å²) in [7, 11) is 0. The molecule has 0 fully saturated rings. The van der Waals surface area contributed by atoms with Crippen molar-refractivity contribution in [3.8, 4) is 17.2 Å². The average Bonchev–Trinajstić information content (AvgIpc) is 3.03. The molecule has 2 aliphatic rings. The highest BCUT2D eigenvalue weighted by atomic mass is 19.2. The quantitative estimate of drug-likeness (QED) is 0.795. The summed E-state index contributed by atoms with van der Waals surface area (Å²) in [5.74, 6) is -6.83. The van der Waals surface area contributed by atoms with E-state index in [0.717, 1.165) is 12.1 Å². The molecule has 0 aromatic heterocycles. The summed E-state index contributed by atoms with van der Waals surface area (Å²) >= 11 is 0. The fourth-order valence-corrected chi connectivity index (χ4v) is 3.04. The van der Waals surface area contributed by atoms with E-state index in [-0.39, 0.29) is 23.7 Å². The molecule has 0 spiro atoms. The summed E-state index contributed by atoms with van der Waals surface area (Å²) in [5, 5.41) is 9.52. The van der Waals surface area contributed by atoms with Crippen LogP contribution in [0.5, 0.6) is 17.2 Å². The van der Waals surface area contributed by atoms with Gasteiger partial charge in [0, 0.05) is 11.6 Å². The maximum absolute atomic E-state index is 13.7. The van der Waals surface area contributed by atoms with E-state index in [1.807, 2.05) is 0 Å². The molecular formula is C17H10F3NO5. The Kier molecular flexibility index (Phi) is 3.46. The zero-order chi connectivity index (χ0) is 18.6. The molecule has 3 N–H and O–H groups in total. The highest BCUT2D eigenvalue weighted by molar-refractivity contribution is 5.91. The van der Waals surface area contributed by atoms with Crippen LogP contribution >= 0.6 is 0 Å². The highest BCUT2D eigenvalue weighted by Crippen LogP contribution is 2.48. The monoisotopic (exact) mass is 365 g/mol. The van der Waals surface area contributed by atoms with Gasteiger partial charge in [-0.2, -0.15) is 0 Å². The number of carbonyl (C=O) groups is 1. The molecule has 1 unspecified atom stereocenters. The zero-order valence-electron chi connectivity index (χ0n) is 12.9. The number of halogens is 3. The summed E-state index contributed by atoms with van der Waals surface area (Å²) in [6, 6.07) is 4.32. The number of fused-ring (bicyclic) bond motifs is 2. The van der Waals surface area contributed by atoms with Crippen LogP contribution in [0, 0.1) is 17.5 Å². The second-order valence-electron chi connectivity index (χ2n) is 5.66. The first-order valence-corrected chi connectivity index (χ1v) is 7.35. The number of hydrogen-bond donors (Lipinski definition) is 2. The van der Waals surface area contributed by atoms with Gasteiger partial charge in [-0.1, -0.05) is 0 Å². The second-order valence-corrected chi connectivity index (χ2v) is 5.66. The lowest BCUT2D eigenvalue weighted by Gasteiger charge is -2.28. The molecule has 4 rings (SSSR count). The van der Waals surface area contributed by atoms with Crippen LogP contribution in [0.15, 0.2) is 35.7 Å². The topological polar surface area (TPSA) is 91.0 Å². The van der Waals surface area contributed by atoms with Crippen molar-refractivity contribution in [1.82, 2.24) is 0 Å². The van der Waals surface area contributed by atoms with Crippen LogP contribution in [0.25, 0.3) is 0 Å². The van der Waals surface area contributed by atoms with E-state index >= 15 is 0 Å². The molecule has 2 aliphatic heterocycles. The number of benzene rings is 2. The van der Waals surface area contributed by atoms with E-state index in [4.69, 9.17) is 19.9 Å². The van der Waals surface area contributed by atoms with Crippen molar-refractivity contribution in [2.45, 2.75) is 5.92 Å². The molecule has 9 heteroatoms. The van der Waals surface area contributed by atoms with Crippen LogP contribution in [-0.2, 0) is 4.79 Å². The third-order valence-electron chi connectivity index (χ3n) is 4.16. The van der Waals surface area contributed by atoms with Gasteiger partial charge < -0.3 is 25.1 Å². The Morgan fingerprint density at radius 1 is 1.04 bits per heavy atom. The minimum Gasteiger partial charge on any atom is -0.478 e. The number of hydrogen-bond acceptors (Lipinski definition) is 5. The van der Waals surface area contributed by atoms with Gasteiger partial charge in [0.15, 0.2) is 29.0 Å². The van der Waals surface area contributed by atoms with Crippen molar-refractivity contribution in [2.24, 2.45) is 5.73 Å². The summed E-state index contributed by atoms with van der Waals surface area (Å²) < 4.78 is 56.6. The van der Waals surface area contributed by atoms with Gasteiger partial charge in [0.25, 0.3) is 0 Å². The predicted octanol–water partition coefficient (Wildman–Crippen LogP) is 2.61. The fraction of sp³-hybridized carbons (Fsp3) is 0.118. The molecule has 0 aliphatic carbocycles. The Labute approximate surface area is 144 Å². The molecular weight excluding hydrogens is 355 g/mol. The van der Waals surface area contributed by atoms with Gasteiger partial charge in [-0.25, -0.2) is 18.0 Å². The molecule has 0 saturated carbocycles. The van der Waals surface area contributed by atoms with Crippen LogP contribution in [0.2, 0.25) is 0 Å². The number of rotatable bonds is 2. The highest BCUT2D eigenvalue weighted by Gasteiger charge is 2.37. The summed E-state index contributed by atoms with van der Waals surface area (Å²) in [6.07, 6.45) is 0. The second kappa shape index (κ2) is 5.58.